The molecule has 1 aliphatic carbocycles. The fourth-order valence-corrected chi connectivity index (χ4v) is 2.09. The lowest BCUT2D eigenvalue weighted by molar-refractivity contribution is 0.178. The number of rotatable bonds is 8. The molecule has 2 rings (SSSR count). The van der Waals surface area contributed by atoms with E-state index in [2.05, 4.69) is 5.32 Å². The molecule has 0 bridgehead atoms. The van der Waals surface area contributed by atoms with Gasteiger partial charge in [-0.05, 0) is 37.0 Å². The van der Waals surface area contributed by atoms with Gasteiger partial charge in [0.05, 0.1) is 13.2 Å². The maximum Gasteiger partial charge on any atom is 0.123 e. The van der Waals surface area contributed by atoms with E-state index in [1.807, 2.05) is 0 Å². The van der Waals surface area contributed by atoms with E-state index in [1.165, 1.54) is 31.4 Å². The van der Waals surface area contributed by atoms with Gasteiger partial charge in [0.25, 0.3) is 0 Å². The van der Waals surface area contributed by atoms with Crippen molar-refractivity contribution in [2.75, 3.05) is 26.9 Å². The van der Waals surface area contributed by atoms with E-state index < -0.39 is 0 Å². The zero-order valence-electron chi connectivity index (χ0n) is 11.5. The van der Waals surface area contributed by atoms with Gasteiger partial charge in [-0.3, -0.25) is 0 Å². The van der Waals surface area contributed by atoms with Crippen LogP contribution >= 0.6 is 0 Å². The van der Waals surface area contributed by atoms with Crippen molar-refractivity contribution in [3.63, 3.8) is 0 Å². The highest BCUT2D eigenvalue weighted by molar-refractivity contribution is 5.34. The van der Waals surface area contributed by atoms with Gasteiger partial charge < -0.3 is 14.8 Å². The first kappa shape index (κ1) is 14.3. The average Bonchev–Trinajstić information content (AvgIpc) is 2.35. The van der Waals surface area contributed by atoms with Gasteiger partial charge in [-0.15, -0.1) is 0 Å². The van der Waals surface area contributed by atoms with Crippen molar-refractivity contribution in [3.8, 4) is 5.75 Å². The van der Waals surface area contributed by atoms with Gasteiger partial charge >= 0.3 is 0 Å². The van der Waals surface area contributed by atoms with E-state index in [0.717, 1.165) is 24.5 Å². The third kappa shape index (κ3) is 4.48. The molecule has 0 radical (unpaired) electrons. The number of ether oxygens (including phenoxy) is 2. The number of nitrogens with one attached hydrogen (secondary N) is 1. The first-order valence-electron chi connectivity index (χ1n) is 6.90. The van der Waals surface area contributed by atoms with Crippen molar-refractivity contribution in [1.82, 2.24) is 5.32 Å². The van der Waals surface area contributed by atoms with Gasteiger partial charge in [0.15, 0.2) is 0 Å². The maximum atomic E-state index is 13.3. The summed E-state index contributed by atoms with van der Waals surface area (Å²) < 4.78 is 24.1. The second-order valence-corrected chi connectivity index (χ2v) is 5.03. The number of benzene rings is 1. The quantitative estimate of drug-likeness (QED) is 0.735. The Hall–Kier alpha value is -1.13. The maximum absolute atomic E-state index is 13.3. The normalized spacial score (nSPS) is 15.3. The predicted octanol–water partition coefficient (Wildman–Crippen LogP) is 2.74. The third-order valence-corrected chi connectivity index (χ3v) is 3.52. The molecule has 0 saturated heterocycles. The Morgan fingerprint density at radius 3 is 2.89 bits per heavy atom. The SMILES string of the molecule is COCCNCc1cc(F)ccc1OCC1CCC1. The molecule has 0 aliphatic heterocycles. The fraction of sp³-hybridized carbons (Fsp3) is 0.600. The molecular formula is C15H22FNO2. The van der Waals surface area contributed by atoms with E-state index in [9.17, 15) is 4.39 Å². The lowest BCUT2D eigenvalue weighted by atomic mass is 9.86. The molecule has 1 N–H and O–H groups in total. The van der Waals surface area contributed by atoms with Crippen LogP contribution in [0.2, 0.25) is 0 Å². The minimum Gasteiger partial charge on any atom is -0.493 e. The smallest absolute Gasteiger partial charge is 0.123 e. The highest BCUT2D eigenvalue weighted by Crippen LogP contribution is 2.28. The average molecular weight is 267 g/mol. The highest BCUT2D eigenvalue weighted by Gasteiger charge is 2.18. The molecule has 1 aromatic carbocycles. The van der Waals surface area contributed by atoms with Gasteiger partial charge in [0, 0.05) is 25.8 Å². The molecule has 19 heavy (non-hydrogen) atoms. The van der Waals surface area contributed by atoms with Crippen molar-refractivity contribution in [1.29, 1.82) is 0 Å². The summed E-state index contributed by atoms with van der Waals surface area (Å²) in [5.74, 6) is 1.25. The Bertz CT molecular complexity index is 394. The third-order valence-electron chi connectivity index (χ3n) is 3.52. The molecule has 1 aromatic rings. The van der Waals surface area contributed by atoms with Gasteiger partial charge in [0.1, 0.15) is 11.6 Å². The molecule has 0 unspecified atom stereocenters. The minimum atomic E-state index is -0.223. The zero-order chi connectivity index (χ0) is 13.5. The second-order valence-electron chi connectivity index (χ2n) is 5.03. The van der Waals surface area contributed by atoms with Crippen molar-refractivity contribution in [3.05, 3.63) is 29.6 Å². The van der Waals surface area contributed by atoms with Crippen molar-refractivity contribution in [2.45, 2.75) is 25.8 Å². The van der Waals surface area contributed by atoms with Gasteiger partial charge in [-0.25, -0.2) is 4.39 Å². The zero-order valence-corrected chi connectivity index (χ0v) is 11.5. The van der Waals surface area contributed by atoms with Gasteiger partial charge in [-0.1, -0.05) is 6.42 Å². The Morgan fingerprint density at radius 1 is 1.37 bits per heavy atom. The summed E-state index contributed by atoms with van der Waals surface area (Å²) in [6.07, 6.45) is 3.81. The second kappa shape index (κ2) is 7.46. The van der Waals surface area contributed by atoms with E-state index in [1.54, 1.807) is 13.2 Å². The Labute approximate surface area is 114 Å². The number of halogens is 1. The van der Waals surface area contributed by atoms with Crippen LogP contribution in [0.4, 0.5) is 4.39 Å². The molecule has 0 spiro atoms. The van der Waals surface area contributed by atoms with E-state index in [4.69, 9.17) is 9.47 Å². The van der Waals surface area contributed by atoms with Crippen LogP contribution in [-0.4, -0.2) is 26.9 Å². The first-order chi connectivity index (χ1) is 9.29. The molecular weight excluding hydrogens is 245 g/mol. The largest absolute Gasteiger partial charge is 0.493 e. The molecule has 3 nitrogen and oxygen atoms in total. The number of hydrogen-bond acceptors (Lipinski definition) is 3. The Kier molecular flexibility index (Phi) is 5.61. The Balaban J connectivity index is 1.87. The molecule has 0 heterocycles. The molecule has 1 fully saturated rings. The van der Waals surface area contributed by atoms with Crippen LogP contribution in [-0.2, 0) is 11.3 Å². The lowest BCUT2D eigenvalue weighted by Crippen LogP contribution is -2.21. The molecule has 1 aliphatic rings. The molecule has 1 saturated carbocycles. The van der Waals surface area contributed by atoms with Crippen LogP contribution in [0.3, 0.4) is 0 Å². The van der Waals surface area contributed by atoms with E-state index in [0.29, 0.717) is 19.1 Å². The monoisotopic (exact) mass is 267 g/mol. The minimum absolute atomic E-state index is 0.223. The molecule has 4 heteroatoms. The van der Waals surface area contributed by atoms with Crippen LogP contribution in [0, 0.1) is 11.7 Å². The van der Waals surface area contributed by atoms with Crippen LogP contribution < -0.4 is 10.1 Å². The van der Waals surface area contributed by atoms with Crippen LogP contribution in [0.5, 0.6) is 5.75 Å². The summed E-state index contributed by atoms with van der Waals surface area (Å²) in [7, 11) is 1.66. The summed E-state index contributed by atoms with van der Waals surface area (Å²) in [5.41, 5.74) is 0.871. The van der Waals surface area contributed by atoms with Crippen LogP contribution in [0.25, 0.3) is 0 Å². The molecule has 0 atom stereocenters. The summed E-state index contributed by atoms with van der Waals surface area (Å²) in [6.45, 7) is 2.74. The summed E-state index contributed by atoms with van der Waals surface area (Å²) in [4.78, 5) is 0. The standard InChI is InChI=1S/C15H22FNO2/c1-18-8-7-17-10-13-9-14(16)5-6-15(13)19-11-12-3-2-4-12/h5-6,9,12,17H,2-4,7-8,10-11H2,1H3. The highest BCUT2D eigenvalue weighted by atomic mass is 19.1. The lowest BCUT2D eigenvalue weighted by Gasteiger charge is -2.25. The van der Waals surface area contributed by atoms with Crippen molar-refractivity contribution < 1.29 is 13.9 Å². The van der Waals surface area contributed by atoms with Crippen molar-refractivity contribution in [2.24, 2.45) is 5.92 Å². The molecule has 0 amide bonds. The van der Waals surface area contributed by atoms with Crippen molar-refractivity contribution >= 4 is 0 Å². The Morgan fingerprint density at radius 2 is 2.21 bits per heavy atom. The van der Waals surface area contributed by atoms with E-state index in [-0.39, 0.29) is 5.82 Å². The summed E-state index contributed by atoms with van der Waals surface area (Å²) >= 11 is 0. The number of methoxy groups -OCH3 is 1. The summed E-state index contributed by atoms with van der Waals surface area (Å²) in [6, 6.07) is 4.71. The van der Waals surface area contributed by atoms with Gasteiger partial charge in [-0.2, -0.15) is 0 Å². The van der Waals surface area contributed by atoms with E-state index >= 15 is 0 Å². The summed E-state index contributed by atoms with van der Waals surface area (Å²) in [5, 5.41) is 3.21. The number of hydrogen-bond donors (Lipinski definition) is 1. The van der Waals surface area contributed by atoms with Gasteiger partial charge in [0.2, 0.25) is 0 Å². The van der Waals surface area contributed by atoms with Crippen LogP contribution in [0.1, 0.15) is 24.8 Å². The topological polar surface area (TPSA) is 30.5 Å². The molecule has 106 valence electrons. The van der Waals surface area contributed by atoms with Crippen LogP contribution in [0.15, 0.2) is 18.2 Å². The predicted molar refractivity (Wildman–Crippen MR) is 72.8 cm³/mol. The fourth-order valence-electron chi connectivity index (χ4n) is 2.09. The molecule has 0 aromatic heterocycles. The first-order valence-corrected chi connectivity index (χ1v) is 6.90.